The van der Waals surface area contributed by atoms with Crippen LogP contribution in [0.25, 0.3) is 0 Å². The van der Waals surface area contributed by atoms with Gasteiger partial charge in [0.25, 0.3) is 0 Å². The first-order chi connectivity index (χ1) is 7.79. The SMILES string of the molecule is CCCc1nc(CSc2nccn2C)cs1. The van der Waals surface area contributed by atoms with Gasteiger partial charge < -0.3 is 4.57 Å². The molecule has 0 bridgehead atoms. The molecule has 0 spiro atoms. The number of aromatic nitrogens is 3. The van der Waals surface area contributed by atoms with Crippen molar-refractivity contribution in [1.29, 1.82) is 0 Å². The number of thioether (sulfide) groups is 1. The molecule has 2 aromatic rings. The Labute approximate surface area is 104 Å². The van der Waals surface area contributed by atoms with Crippen LogP contribution in [0, 0.1) is 0 Å². The van der Waals surface area contributed by atoms with E-state index in [1.165, 1.54) is 17.1 Å². The fourth-order valence-corrected chi connectivity index (χ4v) is 3.20. The van der Waals surface area contributed by atoms with Crippen LogP contribution in [-0.4, -0.2) is 14.5 Å². The van der Waals surface area contributed by atoms with Crippen molar-refractivity contribution in [2.24, 2.45) is 7.05 Å². The molecule has 0 unspecified atom stereocenters. The van der Waals surface area contributed by atoms with E-state index in [2.05, 4.69) is 22.3 Å². The lowest BCUT2D eigenvalue weighted by Crippen LogP contribution is -1.90. The van der Waals surface area contributed by atoms with E-state index in [9.17, 15) is 0 Å². The van der Waals surface area contributed by atoms with Crippen molar-refractivity contribution in [3.63, 3.8) is 0 Å². The van der Waals surface area contributed by atoms with Crippen molar-refractivity contribution in [1.82, 2.24) is 14.5 Å². The molecular weight excluding hydrogens is 238 g/mol. The molecule has 2 aromatic heterocycles. The molecule has 0 aromatic carbocycles. The molecule has 0 amide bonds. The van der Waals surface area contributed by atoms with Gasteiger partial charge in [-0.1, -0.05) is 18.7 Å². The van der Waals surface area contributed by atoms with E-state index in [0.717, 1.165) is 17.3 Å². The Kier molecular flexibility index (Phi) is 4.01. The molecule has 86 valence electrons. The third-order valence-corrected chi connectivity index (χ3v) is 4.24. The zero-order valence-electron chi connectivity index (χ0n) is 9.51. The van der Waals surface area contributed by atoms with Gasteiger partial charge in [0.05, 0.1) is 10.7 Å². The van der Waals surface area contributed by atoms with Crippen LogP contribution in [0.4, 0.5) is 0 Å². The van der Waals surface area contributed by atoms with E-state index in [4.69, 9.17) is 0 Å². The number of imidazole rings is 1. The molecule has 0 saturated carbocycles. The summed E-state index contributed by atoms with van der Waals surface area (Å²) < 4.78 is 2.03. The fourth-order valence-electron chi connectivity index (χ4n) is 1.37. The highest BCUT2D eigenvalue weighted by molar-refractivity contribution is 7.98. The van der Waals surface area contributed by atoms with Crippen LogP contribution >= 0.6 is 23.1 Å². The van der Waals surface area contributed by atoms with E-state index >= 15 is 0 Å². The van der Waals surface area contributed by atoms with Crippen LogP contribution in [0.15, 0.2) is 22.9 Å². The van der Waals surface area contributed by atoms with Crippen molar-refractivity contribution >= 4 is 23.1 Å². The normalized spacial score (nSPS) is 10.9. The second-order valence-electron chi connectivity index (χ2n) is 3.59. The number of rotatable bonds is 5. The molecule has 2 rings (SSSR count). The monoisotopic (exact) mass is 253 g/mol. The average Bonchev–Trinajstić information content (AvgIpc) is 2.86. The highest BCUT2D eigenvalue weighted by Gasteiger charge is 2.04. The van der Waals surface area contributed by atoms with Crippen LogP contribution in [0.5, 0.6) is 0 Å². The summed E-state index contributed by atoms with van der Waals surface area (Å²) in [6.45, 7) is 2.18. The van der Waals surface area contributed by atoms with Crippen LogP contribution in [0.1, 0.15) is 24.0 Å². The molecule has 2 heterocycles. The maximum Gasteiger partial charge on any atom is 0.168 e. The summed E-state index contributed by atoms with van der Waals surface area (Å²) in [6.07, 6.45) is 6.05. The Balaban J connectivity index is 1.92. The van der Waals surface area contributed by atoms with Gasteiger partial charge in [0.2, 0.25) is 0 Å². The van der Waals surface area contributed by atoms with Gasteiger partial charge in [0.1, 0.15) is 0 Å². The molecule has 5 heteroatoms. The van der Waals surface area contributed by atoms with Gasteiger partial charge in [0, 0.05) is 30.6 Å². The Morgan fingerprint density at radius 2 is 2.38 bits per heavy atom. The summed E-state index contributed by atoms with van der Waals surface area (Å²) in [6, 6.07) is 0. The van der Waals surface area contributed by atoms with Crippen LogP contribution < -0.4 is 0 Å². The standard InChI is InChI=1S/C11H15N3S2/c1-3-4-10-13-9(7-15-10)8-16-11-12-5-6-14(11)2/h5-7H,3-4,8H2,1-2H3. The lowest BCUT2D eigenvalue weighted by Gasteiger charge is -1.98. The minimum atomic E-state index is 0.908. The van der Waals surface area contributed by atoms with Crippen LogP contribution in [0.3, 0.4) is 0 Å². The Morgan fingerprint density at radius 3 is 3.06 bits per heavy atom. The van der Waals surface area contributed by atoms with E-state index in [1.807, 2.05) is 24.0 Å². The van der Waals surface area contributed by atoms with Crippen LogP contribution in [0.2, 0.25) is 0 Å². The highest BCUT2D eigenvalue weighted by atomic mass is 32.2. The van der Waals surface area contributed by atoms with Gasteiger partial charge in [-0.2, -0.15) is 0 Å². The van der Waals surface area contributed by atoms with Gasteiger partial charge >= 0.3 is 0 Å². The number of aryl methyl sites for hydroxylation is 2. The van der Waals surface area contributed by atoms with Gasteiger partial charge in [0.15, 0.2) is 5.16 Å². The first-order valence-corrected chi connectivity index (χ1v) is 7.19. The van der Waals surface area contributed by atoms with E-state index in [0.29, 0.717) is 0 Å². The smallest absolute Gasteiger partial charge is 0.168 e. The molecule has 0 aliphatic heterocycles. The van der Waals surface area contributed by atoms with Crippen LogP contribution in [-0.2, 0) is 19.2 Å². The van der Waals surface area contributed by atoms with Crippen molar-refractivity contribution < 1.29 is 0 Å². The van der Waals surface area contributed by atoms with Crippen molar-refractivity contribution in [2.45, 2.75) is 30.7 Å². The zero-order valence-corrected chi connectivity index (χ0v) is 11.1. The molecule has 0 radical (unpaired) electrons. The molecule has 3 nitrogen and oxygen atoms in total. The molecule has 0 saturated heterocycles. The molecule has 0 aliphatic rings. The van der Waals surface area contributed by atoms with E-state index < -0.39 is 0 Å². The zero-order chi connectivity index (χ0) is 11.4. The summed E-state index contributed by atoms with van der Waals surface area (Å²) in [5, 5.41) is 4.45. The number of hydrogen-bond donors (Lipinski definition) is 0. The van der Waals surface area contributed by atoms with E-state index in [-0.39, 0.29) is 0 Å². The quantitative estimate of drug-likeness (QED) is 0.767. The minimum Gasteiger partial charge on any atom is -0.329 e. The Morgan fingerprint density at radius 1 is 1.50 bits per heavy atom. The van der Waals surface area contributed by atoms with Gasteiger partial charge in [-0.25, -0.2) is 9.97 Å². The summed E-state index contributed by atoms with van der Waals surface area (Å²) in [5.74, 6) is 0.908. The van der Waals surface area contributed by atoms with Crippen molar-refractivity contribution in [2.75, 3.05) is 0 Å². The predicted octanol–water partition coefficient (Wildman–Crippen LogP) is 3.12. The second kappa shape index (κ2) is 5.50. The first kappa shape index (κ1) is 11.7. The maximum absolute atomic E-state index is 4.59. The number of hydrogen-bond acceptors (Lipinski definition) is 4. The summed E-state index contributed by atoms with van der Waals surface area (Å²) in [7, 11) is 2.01. The Bertz CT molecular complexity index is 448. The predicted molar refractivity (Wildman–Crippen MR) is 68.9 cm³/mol. The van der Waals surface area contributed by atoms with E-state index in [1.54, 1.807) is 23.1 Å². The van der Waals surface area contributed by atoms with Gasteiger partial charge in [-0.3, -0.25) is 0 Å². The molecular formula is C11H15N3S2. The summed E-state index contributed by atoms with van der Waals surface area (Å²) in [5.41, 5.74) is 1.17. The molecule has 0 N–H and O–H groups in total. The molecule has 0 fully saturated rings. The summed E-state index contributed by atoms with van der Waals surface area (Å²) >= 11 is 3.50. The number of thiazole rings is 1. The molecule has 0 aliphatic carbocycles. The number of nitrogens with zero attached hydrogens (tertiary/aromatic N) is 3. The van der Waals surface area contributed by atoms with Gasteiger partial charge in [-0.15, -0.1) is 11.3 Å². The lowest BCUT2D eigenvalue weighted by molar-refractivity contribution is 0.789. The summed E-state index contributed by atoms with van der Waals surface area (Å²) in [4.78, 5) is 8.87. The fraction of sp³-hybridized carbons (Fsp3) is 0.455. The third kappa shape index (κ3) is 2.86. The highest BCUT2D eigenvalue weighted by Crippen LogP contribution is 2.22. The Hall–Kier alpha value is -0.810. The van der Waals surface area contributed by atoms with Crippen molar-refractivity contribution in [3.8, 4) is 0 Å². The molecule has 16 heavy (non-hydrogen) atoms. The lowest BCUT2D eigenvalue weighted by atomic mass is 10.3. The second-order valence-corrected chi connectivity index (χ2v) is 5.48. The topological polar surface area (TPSA) is 30.7 Å². The molecule has 0 atom stereocenters. The third-order valence-electron chi connectivity index (χ3n) is 2.19. The largest absolute Gasteiger partial charge is 0.329 e. The van der Waals surface area contributed by atoms with Gasteiger partial charge in [-0.05, 0) is 12.8 Å². The minimum absolute atomic E-state index is 0.908. The van der Waals surface area contributed by atoms with Crippen molar-refractivity contribution in [3.05, 3.63) is 28.5 Å². The average molecular weight is 253 g/mol. The first-order valence-electron chi connectivity index (χ1n) is 5.33. The maximum atomic E-state index is 4.59.